The molecule has 0 aliphatic heterocycles. The summed E-state index contributed by atoms with van der Waals surface area (Å²) in [6.07, 6.45) is 1.75. The zero-order valence-electron chi connectivity index (χ0n) is 15.9. The lowest BCUT2D eigenvalue weighted by Gasteiger charge is -2.24. The highest BCUT2D eigenvalue weighted by atomic mass is 35.5. The first-order valence-corrected chi connectivity index (χ1v) is 10.7. The topological polar surface area (TPSA) is 91.5 Å². The molecule has 0 saturated carbocycles. The number of hydrogen-bond donors (Lipinski definition) is 1. The van der Waals surface area contributed by atoms with Gasteiger partial charge in [-0.25, -0.2) is 13.4 Å². The minimum absolute atomic E-state index is 0.00562. The van der Waals surface area contributed by atoms with E-state index < -0.39 is 15.9 Å². The quantitative estimate of drug-likeness (QED) is 0.639. The zero-order chi connectivity index (χ0) is 21.0. The van der Waals surface area contributed by atoms with Crippen molar-refractivity contribution < 1.29 is 18.2 Å². The lowest BCUT2D eigenvalue weighted by atomic mass is 10.1. The molecule has 2 N–H and O–H groups in total. The van der Waals surface area contributed by atoms with Crippen molar-refractivity contribution in [2.24, 2.45) is 0 Å². The molecule has 0 fully saturated rings. The van der Waals surface area contributed by atoms with E-state index in [-0.39, 0.29) is 22.0 Å². The van der Waals surface area contributed by atoms with E-state index in [9.17, 15) is 13.2 Å². The second kappa shape index (κ2) is 8.63. The van der Waals surface area contributed by atoms with Crippen LogP contribution >= 0.6 is 11.6 Å². The lowest BCUT2D eigenvalue weighted by Crippen LogP contribution is -2.26. The molecule has 8 heteroatoms. The number of carbonyl (C=O) groups is 1. The van der Waals surface area contributed by atoms with Crippen LogP contribution in [0.4, 0.5) is 5.69 Å². The summed E-state index contributed by atoms with van der Waals surface area (Å²) in [6.45, 7) is 4.00. The van der Waals surface area contributed by atoms with Crippen molar-refractivity contribution >= 4 is 33.2 Å². The second-order valence-corrected chi connectivity index (χ2v) is 8.61. The summed E-state index contributed by atoms with van der Waals surface area (Å²) < 4.78 is 29.5. The number of nitrogens with zero attached hydrogens (tertiary/aromatic N) is 1. The van der Waals surface area contributed by atoms with Crippen LogP contribution in [0.15, 0.2) is 65.7 Å². The van der Waals surface area contributed by atoms with Crippen LogP contribution in [-0.4, -0.2) is 14.3 Å². The van der Waals surface area contributed by atoms with Gasteiger partial charge in [-0.2, -0.15) is 0 Å². The predicted octanol–water partition coefficient (Wildman–Crippen LogP) is 4.10. The third kappa shape index (κ3) is 5.34. The van der Waals surface area contributed by atoms with Crippen molar-refractivity contribution in [3.8, 4) is 0 Å². The number of halogens is 1. The Kier molecular flexibility index (Phi) is 6.20. The Labute approximate surface area is 175 Å². The van der Waals surface area contributed by atoms with E-state index in [0.717, 1.165) is 16.8 Å². The molecular weight excluding hydrogens is 410 g/mol. The molecule has 0 aliphatic rings. The van der Waals surface area contributed by atoms with E-state index in [1.54, 1.807) is 18.3 Å². The van der Waals surface area contributed by atoms with Gasteiger partial charge in [-0.05, 0) is 32.0 Å². The first kappa shape index (κ1) is 20.8. The van der Waals surface area contributed by atoms with Gasteiger partial charge in [-0.15, -0.1) is 5.69 Å². The molecule has 3 rings (SSSR count). The highest BCUT2D eigenvalue weighted by Gasteiger charge is 2.15. The van der Waals surface area contributed by atoms with E-state index >= 15 is 0 Å². The van der Waals surface area contributed by atoms with Crippen LogP contribution in [-0.2, 0) is 16.6 Å². The SMILES string of the molecule is Cc1cc(C)cc([N-]S(=O)(=O)c2cc(C(=O)NCc3cccc[nH+]3)ccc2Cl)c1. The lowest BCUT2D eigenvalue weighted by molar-refractivity contribution is -0.390. The van der Waals surface area contributed by atoms with E-state index in [4.69, 9.17) is 11.6 Å². The standard InChI is InChI=1S/C21H19ClN3O3S/c1-14-9-15(2)11-18(10-14)25-29(27,28)20-12-16(6-7-19(20)22)21(26)24-13-17-5-3-4-8-23-17/h3-12H,13H2,1-2H3,(H,24,26)/q-1/p+1. The molecule has 1 heterocycles. The largest absolute Gasteiger partial charge is 0.573 e. The number of carbonyl (C=O) groups excluding carboxylic acids is 1. The number of nitrogens with one attached hydrogen (secondary N) is 2. The Morgan fingerprint density at radius 2 is 1.79 bits per heavy atom. The van der Waals surface area contributed by atoms with Crippen molar-refractivity contribution in [2.45, 2.75) is 25.3 Å². The average Bonchev–Trinajstić information content (AvgIpc) is 2.66. The smallest absolute Gasteiger partial charge is 0.251 e. The van der Waals surface area contributed by atoms with Gasteiger partial charge in [0, 0.05) is 17.7 Å². The molecule has 6 nitrogen and oxygen atoms in total. The molecule has 0 saturated heterocycles. The number of benzene rings is 2. The van der Waals surface area contributed by atoms with Crippen LogP contribution in [0.5, 0.6) is 0 Å². The van der Waals surface area contributed by atoms with Crippen LogP contribution in [0.1, 0.15) is 27.2 Å². The Balaban J connectivity index is 1.82. The molecule has 2 aromatic carbocycles. The second-order valence-electron chi connectivity index (χ2n) is 6.63. The van der Waals surface area contributed by atoms with E-state index in [2.05, 4.69) is 15.0 Å². The summed E-state index contributed by atoms with van der Waals surface area (Å²) in [5, 5.41) is 2.74. The Morgan fingerprint density at radius 1 is 1.07 bits per heavy atom. The van der Waals surface area contributed by atoms with Crippen molar-refractivity contribution in [1.29, 1.82) is 0 Å². The van der Waals surface area contributed by atoms with Gasteiger partial charge in [-0.1, -0.05) is 47.0 Å². The number of amides is 1. The first-order chi connectivity index (χ1) is 13.7. The maximum absolute atomic E-state index is 12.8. The number of rotatable bonds is 6. The van der Waals surface area contributed by atoms with Crippen LogP contribution in [0.2, 0.25) is 5.02 Å². The molecule has 29 heavy (non-hydrogen) atoms. The molecule has 1 amide bonds. The van der Waals surface area contributed by atoms with Crippen molar-refractivity contribution in [1.82, 2.24) is 5.32 Å². The van der Waals surface area contributed by atoms with Crippen molar-refractivity contribution in [3.63, 3.8) is 0 Å². The Morgan fingerprint density at radius 3 is 2.45 bits per heavy atom. The molecule has 0 atom stereocenters. The molecule has 3 aromatic rings. The van der Waals surface area contributed by atoms with Gasteiger partial charge in [0.15, 0.2) is 11.9 Å². The minimum Gasteiger partial charge on any atom is -0.573 e. The summed E-state index contributed by atoms with van der Waals surface area (Å²) in [7, 11) is -4.09. The number of pyridine rings is 1. The molecule has 0 radical (unpaired) electrons. The first-order valence-electron chi connectivity index (χ1n) is 8.84. The van der Waals surface area contributed by atoms with Crippen LogP contribution < -0.4 is 10.3 Å². The highest BCUT2D eigenvalue weighted by molar-refractivity contribution is 7.94. The van der Waals surface area contributed by atoms with Crippen LogP contribution in [0, 0.1) is 13.8 Å². The highest BCUT2D eigenvalue weighted by Crippen LogP contribution is 2.33. The Hall–Kier alpha value is -2.90. The summed E-state index contributed by atoms with van der Waals surface area (Å²) in [5.41, 5.74) is 3.10. The summed E-state index contributed by atoms with van der Waals surface area (Å²) in [6, 6.07) is 14.9. The fourth-order valence-electron chi connectivity index (χ4n) is 2.85. The monoisotopic (exact) mass is 429 g/mol. The minimum atomic E-state index is -4.09. The van der Waals surface area contributed by atoms with Gasteiger partial charge in [-0.3, -0.25) is 4.79 Å². The van der Waals surface area contributed by atoms with Crippen molar-refractivity contribution in [2.75, 3.05) is 0 Å². The number of aryl methyl sites for hydroxylation is 2. The summed E-state index contributed by atoms with van der Waals surface area (Å²) in [5.74, 6) is -0.415. The molecule has 1 aromatic heterocycles. The molecule has 0 unspecified atom stereocenters. The van der Waals surface area contributed by atoms with E-state index in [0.29, 0.717) is 5.69 Å². The third-order valence-corrected chi connectivity index (χ3v) is 5.90. The number of H-pyrrole nitrogens is 1. The number of aromatic nitrogens is 1. The van der Waals surface area contributed by atoms with Gasteiger partial charge in [0.1, 0.15) is 16.6 Å². The number of aromatic amines is 1. The van der Waals surface area contributed by atoms with Gasteiger partial charge in [0.2, 0.25) is 0 Å². The van der Waals surface area contributed by atoms with Crippen LogP contribution in [0.25, 0.3) is 4.72 Å². The molecule has 150 valence electrons. The van der Waals surface area contributed by atoms with Gasteiger partial charge in [0.05, 0.1) is 9.92 Å². The molecule has 0 bridgehead atoms. The average molecular weight is 430 g/mol. The number of hydrogen-bond acceptors (Lipinski definition) is 3. The molecular formula is C21H20ClN3O3S. The molecule has 0 aliphatic carbocycles. The van der Waals surface area contributed by atoms with Crippen LogP contribution in [0.3, 0.4) is 0 Å². The summed E-state index contributed by atoms with van der Waals surface area (Å²) >= 11 is 6.11. The third-order valence-electron chi connectivity index (χ3n) is 4.12. The molecule has 0 spiro atoms. The van der Waals surface area contributed by atoms with Crippen molar-refractivity contribution in [3.05, 3.63) is 92.9 Å². The fraction of sp³-hybridized carbons (Fsp3) is 0.143. The maximum atomic E-state index is 12.8. The van der Waals surface area contributed by atoms with Gasteiger partial charge >= 0.3 is 0 Å². The Bertz CT molecular complexity index is 1130. The fourth-order valence-corrected chi connectivity index (χ4v) is 4.33. The predicted molar refractivity (Wildman–Crippen MR) is 112 cm³/mol. The van der Waals surface area contributed by atoms with E-state index in [1.165, 1.54) is 18.2 Å². The maximum Gasteiger partial charge on any atom is 0.251 e. The number of sulfonamides is 1. The zero-order valence-corrected chi connectivity index (χ0v) is 17.5. The van der Waals surface area contributed by atoms with E-state index in [1.807, 2.05) is 38.1 Å². The van der Waals surface area contributed by atoms with Gasteiger partial charge < -0.3 is 10.0 Å². The normalized spacial score (nSPS) is 11.1. The summed E-state index contributed by atoms with van der Waals surface area (Å²) in [4.78, 5) is 15.3. The van der Waals surface area contributed by atoms with Gasteiger partial charge in [0.25, 0.3) is 5.91 Å².